The Morgan fingerprint density at radius 3 is 2.69 bits per heavy atom. The Hall–Kier alpha value is -3.33. The van der Waals surface area contributed by atoms with Crippen LogP contribution in [0, 0.1) is 11.3 Å². The number of amides is 1. The van der Waals surface area contributed by atoms with Gasteiger partial charge in [-0.05, 0) is 81.1 Å². The predicted octanol–water partition coefficient (Wildman–Crippen LogP) is 4.24. The van der Waals surface area contributed by atoms with E-state index >= 15 is 0 Å². The molecular formula is C23H24N2O4. The van der Waals surface area contributed by atoms with E-state index in [0.29, 0.717) is 36.3 Å². The predicted molar refractivity (Wildman–Crippen MR) is 109 cm³/mol. The highest BCUT2D eigenvalue weighted by Gasteiger charge is 2.32. The maximum Gasteiger partial charge on any atom is 0.305 e. The summed E-state index contributed by atoms with van der Waals surface area (Å²) in [4.78, 5) is 24.1. The van der Waals surface area contributed by atoms with Gasteiger partial charge in [-0.15, -0.1) is 0 Å². The summed E-state index contributed by atoms with van der Waals surface area (Å²) in [7, 11) is 0. The molecule has 0 aliphatic carbocycles. The number of hydrogen-bond donors (Lipinski definition) is 1. The molecular weight excluding hydrogens is 368 g/mol. The highest BCUT2D eigenvalue weighted by Crippen LogP contribution is 2.37. The van der Waals surface area contributed by atoms with Gasteiger partial charge in [-0.3, -0.25) is 9.59 Å². The molecule has 0 aromatic heterocycles. The van der Waals surface area contributed by atoms with Crippen LogP contribution in [0.1, 0.15) is 54.6 Å². The molecule has 6 nitrogen and oxygen atoms in total. The SMILES string of the molecule is CCOC(=O)CCC1(C)CCc2cc(NC(=O)c3ccc(C#N)cc3)ccc2O1. The number of nitriles is 1. The first-order chi connectivity index (χ1) is 13.9. The number of benzene rings is 2. The molecule has 1 heterocycles. The second-order valence-electron chi connectivity index (χ2n) is 7.32. The van der Waals surface area contributed by atoms with Crippen molar-refractivity contribution in [2.45, 2.75) is 45.1 Å². The van der Waals surface area contributed by atoms with Gasteiger partial charge in [0, 0.05) is 17.7 Å². The first kappa shape index (κ1) is 20.4. The molecule has 1 N–H and O–H groups in total. The summed E-state index contributed by atoms with van der Waals surface area (Å²) in [5.41, 5.74) is 2.31. The average Bonchev–Trinajstić information content (AvgIpc) is 2.73. The van der Waals surface area contributed by atoms with E-state index in [2.05, 4.69) is 5.32 Å². The summed E-state index contributed by atoms with van der Waals surface area (Å²) in [6.45, 7) is 4.19. The Kier molecular flexibility index (Phi) is 6.18. The van der Waals surface area contributed by atoms with Crippen molar-refractivity contribution in [3.05, 3.63) is 59.2 Å². The lowest BCUT2D eigenvalue weighted by Gasteiger charge is -2.36. The molecule has 1 unspecified atom stereocenters. The quantitative estimate of drug-likeness (QED) is 0.743. The van der Waals surface area contributed by atoms with E-state index in [1.807, 2.05) is 25.1 Å². The third-order valence-corrected chi connectivity index (χ3v) is 5.04. The third-order valence-electron chi connectivity index (χ3n) is 5.04. The number of nitrogens with zero attached hydrogens (tertiary/aromatic N) is 1. The number of esters is 1. The fourth-order valence-electron chi connectivity index (χ4n) is 3.34. The zero-order valence-corrected chi connectivity index (χ0v) is 16.7. The molecule has 0 spiro atoms. The fraction of sp³-hybridized carbons (Fsp3) is 0.348. The summed E-state index contributed by atoms with van der Waals surface area (Å²) < 4.78 is 11.2. The number of fused-ring (bicyclic) bond motifs is 1. The van der Waals surface area contributed by atoms with Gasteiger partial charge in [0.15, 0.2) is 0 Å². The molecule has 2 aromatic rings. The van der Waals surface area contributed by atoms with E-state index in [9.17, 15) is 9.59 Å². The molecule has 6 heteroatoms. The normalized spacial score (nSPS) is 17.4. The maximum atomic E-state index is 12.4. The van der Waals surface area contributed by atoms with Crippen LogP contribution in [0.4, 0.5) is 5.69 Å². The number of aryl methyl sites for hydroxylation is 1. The smallest absolute Gasteiger partial charge is 0.305 e. The summed E-state index contributed by atoms with van der Waals surface area (Å²) >= 11 is 0. The van der Waals surface area contributed by atoms with Gasteiger partial charge in [-0.25, -0.2) is 0 Å². The minimum Gasteiger partial charge on any atom is -0.487 e. The second kappa shape index (κ2) is 8.78. The highest BCUT2D eigenvalue weighted by molar-refractivity contribution is 6.04. The van der Waals surface area contributed by atoms with Crippen LogP contribution in [-0.2, 0) is 16.0 Å². The fourth-order valence-corrected chi connectivity index (χ4v) is 3.34. The van der Waals surface area contributed by atoms with Gasteiger partial charge < -0.3 is 14.8 Å². The van der Waals surface area contributed by atoms with Crippen molar-refractivity contribution < 1.29 is 19.1 Å². The van der Waals surface area contributed by atoms with Crippen molar-refractivity contribution in [3.8, 4) is 11.8 Å². The molecule has 1 atom stereocenters. The van der Waals surface area contributed by atoms with Crippen LogP contribution in [0.25, 0.3) is 0 Å². The zero-order chi connectivity index (χ0) is 20.9. The lowest BCUT2D eigenvalue weighted by atomic mass is 9.88. The van der Waals surface area contributed by atoms with Crippen LogP contribution in [0.5, 0.6) is 5.75 Å². The monoisotopic (exact) mass is 392 g/mol. The van der Waals surface area contributed by atoms with E-state index in [4.69, 9.17) is 14.7 Å². The lowest BCUT2D eigenvalue weighted by Crippen LogP contribution is -2.37. The minimum absolute atomic E-state index is 0.205. The molecule has 29 heavy (non-hydrogen) atoms. The Bertz CT molecular complexity index is 946. The van der Waals surface area contributed by atoms with E-state index in [1.165, 1.54) is 0 Å². The third kappa shape index (κ3) is 5.14. The van der Waals surface area contributed by atoms with Crippen LogP contribution in [0.3, 0.4) is 0 Å². The lowest BCUT2D eigenvalue weighted by molar-refractivity contribution is -0.144. The number of carbonyl (C=O) groups excluding carboxylic acids is 2. The molecule has 0 saturated heterocycles. The van der Waals surface area contributed by atoms with E-state index in [-0.39, 0.29) is 11.9 Å². The maximum absolute atomic E-state index is 12.4. The Labute approximate surface area is 170 Å². The van der Waals surface area contributed by atoms with Crippen molar-refractivity contribution in [2.24, 2.45) is 0 Å². The van der Waals surface area contributed by atoms with Gasteiger partial charge in [-0.2, -0.15) is 5.26 Å². The van der Waals surface area contributed by atoms with Crippen LogP contribution < -0.4 is 10.1 Å². The minimum atomic E-state index is -0.410. The summed E-state index contributed by atoms with van der Waals surface area (Å²) in [5, 5.41) is 11.7. The molecule has 2 aromatic carbocycles. The number of carbonyl (C=O) groups is 2. The second-order valence-corrected chi connectivity index (χ2v) is 7.32. The van der Waals surface area contributed by atoms with Gasteiger partial charge in [0.1, 0.15) is 11.4 Å². The topological polar surface area (TPSA) is 88.4 Å². The molecule has 0 saturated carbocycles. The van der Waals surface area contributed by atoms with Crippen LogP contribution in [-0.4, -0.2) is 24.1 Å². The molecule has 0 bridgehead atoms. The van der Waals surface area contributed by atoms with Crippen molar-refractivity contribution in [1.29, 1.82) is 5.26 Å². The zero-order valence-electron chi connectivity index (χ0n) is 16.7. The standard InChI is InChI=1S/C23H24N2O4/c1-3-28-21(26)11-13-23(2)12-10-18-14-19(8-9-20(18)29-23)25-22(27)17-6-4-16(15-24)5-7-17/h4-9,14H,3,10-13H2,1-2H3,(H,25,27). The van der Waals surface area contributed by atoms with Crippen molar-refractivity contribution in [3.63, 3.8) is 0 Å². The Morgan fingerprint density at radius 1 is 1.24 bits per heavy atom. The number of ether oxygens (including phenoxy) is 2. The van der Waals surface area contributed by atoms with E-state index in [1.54, 1.807) is 37.3 Å². The number of hydrogen-bond acceptors (Lipinski definition) is 5. The first-order valence-electron chi connectivity index (χ1n) is 9.71. The van der Waals surface area contributed by atoms with Crippen LogP contribution >= 0.6 is 0 Å². The molecule has 0 fully saturated rings. The van der Waals surface area contributed by atoms with Gasteiger partial charge in [-0.1, -0.05) is 0 Å². The van der Waals surface area contributed by atoms with Gasteiger partial charge in [0.2, 0.25) is 0 Å². The van der Waals surface area contributed by atoms with Crippen molar-refractivity contribution >= 4 is 17.6 Å². The van der Waals surface area contributed by atoms with E-state index < -0.39 is 5.60 Å². The van der Waals surface area contributed by atoms with Crippen molar-refractivity contribution in [2.75, 3.05) is 11.9 Å². The number of nitrogens with one attached hydrogen (secondary N) is 1. The van der Waals surface area contributed by atoms with Crippen LogP contribution in [0.15, 0.2) is 42.5 Å². The molecule has 3 rings (SSSR count). The van der Waals surface area contributed by atoms with Gasteiger partial charge in [0.25, 0.3) is 5.91 Å². The largest absolute Gasteiger partial charge is 0.487 e. The Morgan fingerprint density at radius 2 is 2.00 bits per heavy atom. The Balaban J connectivity index is 1.64. The summed E-state index contributed by atoms with van der Waals surface area (Å²) in [5.74, 6) is 0.341. The first-order valence-corrected chi connectivity index (χ1v) is 9.71. The molecule has 0 radical (unpaired) electrons. The number of anilines is 1. The molecule has 1 aliphatic rings. The highest BCUT2D eigenvalue weighted by atomic mass is 16.5. The summed E-state index contributed by atoms with van der Waals surface area (Å²) in [6.07, 6.45) is 2.52. The van der Waals surface area contributed by atoms with Gasteiger partial charge in [0.05, 0.1) is 18.2 Å². The summed E-state index contributed by atoms with van der Waals surface area (Å²) in [6, 6.07) is 14.1. The van der Waals surface area contributed by atoms with Crippen LogP contribution in [0.2, 0.25) is 0 Å². The average molecular weight is 392 g/mol. The van der Waals surface area contributed by atoms with Gasteiger partial charge >= 0.3 is 5.97 Å². The molecule has 150 valence electrons. The van der Waals surface area contributed by atoms with Crippen molar-refractivity contribution in [1.82, 2.24) is 0 Å². The number of rotatable bonds is 6. The van der Waals surface area contributed by atoms with E-state index in [0.717, 1.165) is 24.2 Å². The molecule has 1 amide bonds. The molecule has 1 aliphatic heterocycles.